The van der Waals surface area contributed by atoms with Crippen LogP contribution in [-0.2, 0) is 0 Å². The van der Waals surface area contributed by atoms with Crippen molar-refractivity contribution >= 4 is 11.3 Å². The highest BCUT2D eigenvalue weighted by molar-refractivity contribution is 5.63. The van der Waals surface area contributed by atoms with Crippen LogP contribution in [0.3, 0.4) is 0 Å². The fraction of sp³-hybridized carbons (Fsp3) is 0.333. The summed E-state index contributed by atoms with van der Waals surface area (Å²) in [7, 11) is 1.63. The van der Waals surface area contributed by atoms with Crippen LogP contribution in [0.15, 0.2) is 53.5 Å². The summed E-state index contributed by atoms with van der Waals surface area (Å²) in [5.41, 5.74) is 3.17. The van der Waals surface area contributed by atoms with Gasteiger partial charge in [0.2, 0.25) is 0 Å². The summed E-state index contributed by atoms with van der Waals surface area (Å²) in [6.07, 6.45) is 1.90. The van der Waals surface area contributed by atoms with Gasteiger partial charge < -0.3 is 15.0 Å². The first-order chi connectivity index (χ1) is 13.0. The van der Waals surface area contributed by atoms with E-state index in [1.54, 1.807) is 17.6 Å². The number of hydrogen-bond donors (Lipinski definition) is 1. The van der Waals surface area contributed by atoms with E-state index in [1.165, 1.54) is 0 Å². The van der Waals surface area contributed by atoms with Crippen molar-refractivity contribution in [3.63, 3.8) is 0 Å². The number of benzene rings is 1. The normalized spacial score (nSPS) is 20.0. The Hall–Kier alpha value is -2.86. The molecule has 0 saturated carbocycles. The van der Waals surface area contributed by atoms with Gasteiger partial charge in [0, 0.05) is 43.0 Å². The molecule has 3 heterocycles. The number of piperazine rings is 1. The highest BCUT2D eigenvalue weighted by Gasteiger charge is 2.21. The van der Waals surface area contributed by atoms with E-state index in [2.05, 4.69) is 29.0 Å². The molecule has 140 valence electrons. The third-order valence-electron chi connectivity index (χ3n) is 4.95. The van der Waals surface area contributed by atoms with Crippen LogP contribution in [-0.4, -0.2) is 41.7 Å². The van der Waals surface area contributed by atoms with Gasteiger partial charge in [-0.1, -0.05) is 0 Å². The molecule has 0 spiro atoms. The fourth-order valence-electron chi connectivity index (χ4n) is 3.73. The minimum atomic E-state index is -0.0797. The maximum absolute atomic E-state index is 12.7. The molecule has 0 unspecified atom stereocenters. The predicted molar refractivity (Wildman–Crippen MR) is 108 cm³/mol. The summed E-state index contributed by atoms with van der Waals surface area (Å²) >= 11 is 0. The molecule has 1 saturated heterocycles. The van der Waals surface area contributed by atoms with E-state index in [9.17, 15) is 4.79 Å². The Balaban J connectivity index is 1.71. The lowest BCUT2D eigenvalue weighted by Gasteiger charge is -2.37. The van der Waals surface area contributed by atoms with Crippen LogP contribution in [0.5, 0.6) is 5.75 Å². The third kappa shape index (κ3) is 3.53. The molecule has 27 heavy (non-hydrogen) atoms. The molecular formula is C21H24N4O2. The SMILES string of the molecule is COc1ccc(-c2cc(=O)n3cc(N4C[C@@H](C)N[C@@H](C)C4)ccc3n2)cc1. The number of rotatable bonds is 3. The molecule has 2 atom stereocenters. The van der Waals surface area contributed by atoms with Gasteiger partial charge in [0.1, 0.15) is 11.4 Å². The first-order valence-corrected chi connectivity index (χ1v) is 9.22. The molecule has 0 bridgehead atoms. The summed E-state index contributed by atoms with van der Waals surface area (Å²) in [5, 5.41) is 3.53. The Bertz CT molecular complexity index is 1000. The Labute approximate surface area is 158 Å². The molecule has 0 amide bonds. The van der Waals surface area contributed by atoms with Crippen molar-refractivity contribution in [1.82, 2.24) is 14.7 Å². The van der Waals surface area contributed by atoms with E-state index in [4.69, 9.17) is 4.74 Å². The van der Waals surface area contributed by atoms with Crippen molar-refractivity contribution in [3.8, 4) is 17.0 Å². The largest absolute Gasteiger partial charge is 0.497 e. The number of hydrogen-bond acceptors (Lipinski definition) is 5. The van der Waals surface area contributed by atoms with Gasteiger partial charge in [0.05, 0.1) is 18.5 Å². The number of nitrogens with one attached hydrogen (secondary N) is 1. The molecule has 1 N–H and O–H groups in total. The quantitative estimate of drug-likeness (QED) is 0.774. The van der Waals surface area contributed by atoms with E-state index < -0.39 is 0 Å². The first kappa shape index (κ1) is 17.5. The number of aromatic nitrogens is 2. The van der Waals surface area contributed by atoms with Crippen LogP contribution in [0.2, 0.25) is 0 Å². The molecule has 1 aromatic carbocycles. The Morgan fingerprint density at radius 2 is 1.78 bits per heavy atom. The third-order valence-corrected chi connectivity index (χ3v) is 4.95. The molecule has 0 radical (unpaired) electrons. The minimum Gasteiger partial charge on any atom is -0.497 e. The van der Waals surface area contributed by atoms with Crippen LogP contribution in [0.4, 0.5) is 5.69 Å². The zero-order valence-corrected chi connectivity index (χ0v) is 15.8. The standard InChI is InChI=1S/C21H24N4O2/c1-14-11-24(12-15(2)22-14)17-6-9-20-23-19(10-21(26)25(20)13-17)16-4-7-18(27-3)8-5-16/h4-10,13-15,22H,11-12H2,1-3H3/t14-,15+. The van der Waals surface area contributed by atoms with Gasteiger partial charge in [0.15, 0.2) is 0 Å². The van der Waals surface area contributed by atoms with Gasteiger partial charge in [0.25, 0.3) is 5.56 Å². The van der Waals surface area contributed by atoms with Crippen molar-refractivity contribution in [3.05, 3.63) is 59.0 Å². The minimum absolute atomic E-state index is 0.0797. The highest BCUT2D eigenvalue weighted by atomic mass is 16.5. The summed E-state index contributed by atoms with van der Waals surface area (Å²) in [6.45, 7) is 6.20. The van der Waals surface area contributed by atoms with Gasteiger partial charge in [-0.2, -0.15) is 0 Å². The molecule has 6 heteroatoms. The van der Waals surface area contributed by atoms with E-state index in [0.717, 1.165) is 30.1 Å². The van der Waals surface area contributed by atoms with Gasteiger partial charge in [-0.05, 0) is 50.2 Å². The zero-order valence-electron chi connectivity index (χ0n) is 15.8. The van der Waals surface area contributed by atoms with Crippen LogP contribution in [0, 0.1) is 0 Å². The van der Waals surface area contributed by atoms with Gasteiger partial charge in [-0.15, -0.1) is 0 Å². The average Bonchev–Trinajstić information content (AvgIpc) is 2.67. The van der Waals surface area contributed by atoms with Crippen molar-refractivity contribution < 1.29 is 4.74 Å². The topological polar surface area (TPSA) is 58.9 Å². The van der Waals surface area contributed by atoms with Crippen LogP contribution < -0.4 is 20.5 Å². The van der Waals surface area contributed by atoms with Gasteiger partial charge in [-0.25, -0.2) is 4.98 Å². The summed E-state index contributed by atoms with van der Waals surface area (Å²) < 4.78 is 6.81. The average molecular weight is 364 g/mol. The Kier molecular flexibility index (Phi) is 4.58. The number of ether oxygens (including phenoxy) is 1. The van der Waals surface area contributed by atoms with Gasteiger partial charge >= 0.3 is 0 Å². The van der Waals surface area contributed by atoms with E-state index in [1.807, 2.05) is 42.6 Å². The number of anilines is 1. The zero-order chi connectivity index (χ0) is 19.0. The monoisotopic (exact) mass is 364 g/mol. The second-order valence-corrected chi connectivity index (χ2v) is 7.20. The summed E-state index contributed by atoms with van der Waals surface area (Å²) in [6, 6.07) is 13.9. The molecule has 1 aliphatic rings. The molecule has 4 rings (SSSR count). The number of methoxy groups -OCH3 is 1. The molecule has 3 aromatic rings. The number of nitrogens with zero attached hydrogens (tertiary/aromatic N) is 3. The summed E-state index contributed by atoms with van der Waals surface area (Å²) in [4.78, 5) is 19.7. The first-order valence-electron chi connectivity index (χ1n) is 9.22. The van der Waals surface area contributed by atoms with Crippen LogP contribution in [0.25, 0.3) is 16.9 Å². The Morgan fingerprint density at radius 3 is 2.44 bits per heavy atom. The summed E-state index contributed by atoms with van der Waals surface area (Å²) in [5.74, 6) is 0.778. The van der Waals surface area contributed by atoms with E-state index in [0.29, 0.717) is 23.4 Å². The van der Waals surface area contributed by atoms with Crippen molar-refractivity contribution in [2.75, 3.05) is 25.1 Å². The van der Waals surface area contributed by atoms with Crippen LogP contribution >= 0.6 is 0 Å². The van der Waals surface area contributed by atoms with Crippen molar-refractivity contribution in [2.45, 2.75) is 25.9 Å². The lowest BCUT2D eigenvalue weighted by molar-refractivity contribution is 0.407. The molecule has 1 fully saturated rings. The van der Waals surface area contributed by atoms with E-state index >= 15 is 0 Å². The number of pyridine rings is 1. The highest BCUT2D eigenvalue weighted by Crippen LogP contribution is 2.22. The Morgan fingerprint density at radius 1 is 1.07 bits per heavy atom. The molecule has 0 aliphatic carbocycles. The molecule has 6 nitrogen and oxygen atoms in total. The molecular weight excluding hydrogens is 340 g/mol. The lowest BCUT2D eigenvalue weighted by Crippen LogP contribution is -2.54. The molecule has 2 aromatic heterocycles. The maximum atomic E-state index is 12.7. The molecule has 1 aliphatic heterocycles. The second kappa shape index (κ2) is 7.04. The number of fused-ring (bicyclic) bond motifs is 1. The van der Waals surface area contributed by atoms with Crippen molar-refractivity contribution in [2.24, 2.45) is 0 Å². The smallest absolute Gasteiger partial charge is 0.258 e. The van der Waals surface area contributed by atoms with Gasteiger partial charge in [-0.3, -0.25) is 9.20 Å². The maximum Gasteiger partial charge on any atom is 0.258 e. The predicted octanol–water partition coefficient (Wildman–Crippen LogP) is 2.56. The lowest BCUT2D eigenvalue weighted by atomic mass is 10.1. The fourth-order valence-corrected chi connectivity index (χ4v) is 3.73. The van der Waals surface area contributed by atoms with Crippen molar-refractivity contribution in [1.29, 1.82) is 0 Å². The van der Waals surface area contributed by atoms with Crippen LogP contribution in [0.1, 0.15) is 13.8 Å². The second-order valence-electron chi connectivity index (χ2n) is 7.20. The van der Waals surface area contributed by atoms with E-state index in [-0.39, 0.29) is 5.56 Å².